The maximum atomic E-state index is 13.4. The Morgan fingerprint density at radius 2 is 1.54 bits per heavy atom. The van der Waals surface area contributed by atoms with Gasteiger partial charge in [-0.1, -0.05) is 37.6 Å². The number of carbonyl (C=O) groups excluding carboxylic acids is 4. The number of rotatable bonds is 10. The first-order valence-corrected chi connectivity index (χ1v) is 21.4. The zero-order valence-corrected chi connectivity index (χ0v) is 35.1. The second kappa shape index (κ2) is 16.5. The minimum Gasteiger partial charge on any atom is -0.487 e. The van der Waals surface area contributed by atoms with Crippen LogP contribution >= 0.6 is 11.6 Å². The SMILES string of the molecule is CC(C)(c1ccc(OCc2ccnc(N3CCC(N4CC(N5CCN(c6ccc7c(c6)C(=O)N(C6CCC(=O)NC6=O)C7=O)CC5)C4)CC3)n2)cc1)c1cc(Cl)cc(C#N)c1. The number of likely N-dealkylation sites (tertiary alicyclic amines) is 1. The van der Waals surface area contributed by atoms with Crippen molar-refractivity contribution in [3.63, 3.8) is 0 Å². The molecule has 314 valence electrons. The van der Waals surface area contributed by atoms with Crippen molar-refractivity contribution in [1.29, 1.82) is 5.26 Å². The molecule has 4 amide bonds. The van der Waals surface area contributed by atoms with E-state index in [4.69, 9.17) is 21.3 Å². The van der Waals surface area contributed by atoms with E-state index in [-0.39, 0.29) is 24.2 Å². The second-order valence-electron chi connectivity index (χ2n) is 17.2. The van der Waals surface area contributed by atoms with Gasteiger partial charge in [0.1, 0.15) is 18.4 Å². The standard InChI is InChI=1S/C46H48ClN9O5/c1-46(2,31-21-29(25-48)22-32(47)23-31)30-3-6-37(7-4-30)61-28-33-11-14-49-45(50-33)54-15-12-34(13-16-54)55-26-36(27-55)53-19-17-52(18-20-53)35-5-8-38-39(24-35)44(60)56(43(38)59)40-9-10-41(57)51-42(40)58/h3-8,11,14,21-24,34,36,40H,9-10,12-13,15-20,26-28H2,1-2H3,(H,51,57,58). The molecule has 15 heteroatoms. The summed E-state index contributed by atoms with van der Waals surface area (Å²) in [5.41, 5.74) is 4.58. The number of amides is 4. The summed E-state index contributed by atoms with van der Waals surface area (Å²) >= 11 is 6.30. The number of carbonyl (C=O) groups is 4. The van der Waals surface area contributed by atoms with Crippen molar-refractivity contribution >= 4 is 46.9 Å². The molecular formula is C46H48ClN9O5. The van der Waals surface area contributed by atoms with E-state index in [1.807, 2.05) is 48.5 Å². The molecule has 1 aromatic heterocycles. The first-order chi connectivity index (χ1) is 29.4. The van der Waals surface area contributed by atoms with E-state index < -0.39 is 23.8 Å². The van der Waals surface area contributed by atoms with Gasteiger partial charge in [0.2, 0.25) is 17.8 Å². The van der Waals surface area contributed by atoms with Gasteiger partial charge in [0.15, 0.2) is 0 Å². The van der Waals surface area contributed by atoms with Crippen LogP contribution in [0, 0.1) is 11.3 Å². The number of piperazine rings is 1. The molecule has 4 aromatic rings. The van der Waals surface area contributed by atoms with Gasteiger partial charge in [-0.05, 0) is 85.0 Å². The highest BCUT2D eigenvalue weighted by Crippen LogP contribution is 2.35. The van der Waals surface area contributed by atoms with E-state index in [0.717, 1.165) is 104 Å². The van der Waals surface area contributed by atoms with Gasteiger partial charge in [-0.3, -0.25) is 39.2 Å². The van der Waals surface area contributed by atoms with E-state index >= 15 is 0 Å². The van der Waals surface area contributed by atoms with Crippen molar-refractivity contribution in [1.82, 2.24) is 30.0 Å². The Hall–Kier alpha value is -5.88. The molecule has 1 unspecified atom stereocenters. The van der Waals surface area contributed by atoms with Gasteiger partial charge in [-0.2, -0.15) is 5.26 Å². The molecule has 6 heterocycles. The lowest BCUT2D eigenvalue weighted by Crippen LogP contribution is -2.66. The van der Waals surface area contributed by atoms with Crippen LogP contribution < -0.4 is 19.9 Å². The first-order valence-electron chi connectivity index (χ1n) is 21.1. The van der Waals surface area contributed by atoms with Gasteiger partial charge in [0.05, 0.1) is 28.5 Å². The molecular weight excluding hydrogens is 794 g/mol. The van der Waals surface area contributed by atoms with Crippen molar-refractivity contribution in [3.05, 3.63) is 111 Å². The van der Waals surface area contributed by atoms with Gasteiger partial charge in [0.25, 0.3) is 11.8 Å². The largest absolute Gasteiger partial charge is 0.487 e. The maximum absolute atomic E-state index is 13.4. The third kappa shape index (κ3) is 8.05. The molecule has 0 saturated carbocycles. The zero-order valence-electron chi connectivity index (χ0n) is 34.3. The Labute approximate surface area is 360 Å². The Balaban J connectivity index is 0.717. The number of aromatic nitrogens is 2. The second-order valence-corrected chi connectivity index (χ2v) is 17.6. The van der Waals surface area contributed by atoms with Crippen LogP contribution in [0.15, 0.2) is 72.9 Å². The van der Waals surface area contributed by atoms with Crippen LogP contribution in [-0.2, 0) is 21.6 Å². The maximum Gasteiger partial charge on any atom is 0.262 e. The number of ether oxygens (including phenoxy) is 1. The van der Waals surface area contributed by atoms with Gasteiger partial charge in [0, 0.05) is 93.2 Å². The number of piperidine rings is 2. The number of imide groups is 2. The molecule has 9 rings (SSSR count). The lowest BCUT2D eigenvalue weighted by atomic mass is 9.78. The summed E-state index contributed by atoms with van der Waals surface area (Å²) < 4.78 is 6.14. The van der Waals surface area contributed by atoms with E-state index in [2.05, 4.69) is 49.8 Å². The van der Waals surface area contributed by atoms with E-state index in [1.54, 1.807) is 24.4 Å². The first kappa shape index (κ1) is 40.5. The monoisotopic (exact) mass is 841 g/mol. The molecule has 5 aliphatic heterocycles. The third-order valence-electron chi connectivity index (χ3n) is 13.2. The number of hydrogen-bond acceptors (Lipinski definition) is 12. The summed E-state index contributed by atoms with van der Waals surface area (Å²) in [6.45, 7) is 11.9. The molecule has 61 heavy (non-hydrogen) atoms. The van der Waals surface area contributed by atoms with Crippen molar-refractivity contribution in [2.75, 3.05) is 62.2 Å². The van der Waals surface area contributed by atoms with Crippen LogP contribution in [0.5, 0.6) is 5.75 Å². The molecule has 3 aromatic carbocycles. The normalized spacial score (nSPS) is 20.7. The molecule has 0 bridgehead atoms. The van der Waals surface area contributed by atoms with Gasteiger partial charge in [-0.15, -0.1) is 0 Å². The van der Waals surface area contributed by atoms with Crippen LogP contribution in [-0.4, -0.2) is 119 Å². The molecule has 4 saturated heterocycles. The van der Waals surface area contributed by atoms with Crippen molar-refractivity contribution < 1.29 is 23.9 Å². The predicted octanol–water partition coefficient (Wildman–Crippen LogP) is 4.78. The van der Waals surface area contributed by atoms with Crippen LogP contribution in [0.25, 0.3) is 0 Å². The minimum absolute atomic E-state index is 0.0960. The summed E-state index contributed by atoms with van der Waals surface area (Å²) in [6.07, 6.45) is 4.16. The Kier molecular flexibility index (Phi) is 11.0. The molecule has 14 nitrogen and oxygen atoms in total. The Bertz CT molecular complexity index is 2410. The van der Waals surface area contributed by atoms with Crippen molar-refractivity contribution in [3.8, 4) is 11.8 Å². The quantitative estimate of drug-likeness (QED) is 0.219. The summed E-state index contributed by atoms with van der Waals surface area (Å²) in [7, 11) is 0. The van der Waals surface area contributed by atoms with Crippen LogP contribution in [0.2, 0.25) is 5.02 Å². The lowest BCUT2D eigenvalue weighted by molar-refractivity contribution is -0.136. The van der Waals surface area contributed by atoms with Crippen LogP contribution in [0.4, 0.5) is 11.6 Å². The third-order valence-corrected chi connectivity index (χ3v) is 13.4. The molecule has 0 spiro atoms. The predicted molar refractivity (Wildman–Crippen MR) is 229 cm³/mol. The highest BCUT2D eigenvalue weighted by molar-refractivity contribution is 6.30. The summed E-state index contributed by atoms with van der Waals surface area (Å²) in [5.74, 6) is -0.467. The fourth-order valence-electron chi connectivity index (χ4n) is 9.37. The van der Waals surface area contributed by atoms with E-state index in [0.29, 0.717) is 40.4 Å². The summed E-state index contributed by atoms with van der Waals surface area (Å²) in [5, 5.41) is 12.2. The number of anilines is 2. The van der Waals surface area contributed by atoms with Crippen LogP contribution in [0.1, 0.15) is 82.6 Å². The zero-order chi connectivity index (χ0) is 42.4. The number of nitrogens with one attached hydrogen (secondary N) is 1. The Morgan fingerprint density at radius 1 is 0.803 bits per heavy atom. The summed E-state index contributed by atoms with van der Waals surface area (Å²) in [6, 6.07) is 23.0. The molecule has 1 N–H and O–H groups in total. The number of nitriles is 1. The molecule has 0 aliphatic carbocycles. The molecule has 0 radical (unpaired) electrons. The lowest BCUT2D eigenvalue weighted by Gasteiger charge is -2.52. The number of hydrogen-bond donors (Lipinski definition) is 1. The minimum atomic E-state index is -0.968. The van der Waals surface area contributed by atoms with E-state index in [1.165, 1.54) is 0 Å². The number of nitrogens with zero attached hydrogens (tertiary/aromatic N) is 8. The van der Waals surface area contributed by atoms with Crippen molar-refractivity contribution in [2.24, 2.45) is 0 Å². The molecule has 4 fully saturated rings. The average molecular weight is 842 g/mol. The topological polar surface area (TPSA) is 155 Å². The molecule has 5 aliphatic rings. The fraction of sp³-hybridized carbons (Fsp3) is 0.413. The number of fused-ring (bicyclic) bond motifs is 1. The van der Waals surface area contributed by atoms with Gasteiger partial charge >= 0.3 is 0 Å². The highest BCUT2D eigenvalue weighted by Gasteiger charge is 2.45. The van der Waals surface area contributed by atoms with Crippen molar-refractivity contribution in [2.45, 2.75) is 69.7 Å². The average Bonchev–Trinajstić information content (AvgIpc) is 3.50. The van der Waals surface area contributed by atoms with Gasteiger partial charge < -0.3 is 14.5 Å². The Morgan fingerprint density at radius 3 is 2.26 bits per heavy atom. The molecule has 1 atom stereocenters. The number of benzene rings is 3. The van der Waals surface area contributed by atoms with E-state index in [9.17, 15) is 24.4 Å². The fourth-order valence-corrected chi connectivity index (χ4v) is 9.61. The van der Waals surface area contributed by atoms with Crippen LogP contribution in [0.3, 0.4) is 0 Å². The van der Waals surface area contributed by atoms with Gasteiger partial charge in [-0.25, -0.2) is 9.97 Å². The summed E-state index contributed by atoms with van der Waals surface area (Å²) in [4.78, 5) is 70.8. The smallest absolute Gasteiger partial charge is 0.262 e. The number of halogens is 1. The highest BCUT2D eigenvalue weighted by atomic mass is 35.5.